The minimum atomic E-state index is 0.110. The van der Waals surface area contributed by atoms with Gasteiger partial charge in [0.2, 0.25) is 5.91 Å². The second-order valence-corrected chi connectivity index (χ2v) is 9.23. The lowest BCUT2D eigenvalue weighted by Gasteiger charge is -2.23. The number of hydrogen-bond acceptors (Lipinski definition) is 4. The summed E-state index contributed by atoms with van der Waals surface area (Å²) in [5.74, 6) is 0.110. The van der Waals surface area contributed by atoms with E-state index in [0.29, 0.717) is 19.5 Å². The van der Waals surface area contributed by atoms with E-state index in [1.807, 2.05) is 77.7 Å². The molecular weight excluding hydrogens is 450 g/mol. The smallest absolute Gasteiger partial charge is 0.227 e. The number of thiazole rings is 1. The van der Waals surface area contributed by atoms with E-state index in [-0.39, 0.29) is 5.91 Å². The Morgan fingerprint density at radius 1 is 0.686 bits per heavy atom. The van der Waals surface area contributed by atoms with Crippen molar-refractivity contribution in [1.29, 1.82) is 0 Å². The van der Waals surface area contributed by atoms with Crippen molar-refractivity contribution in [2.24, 2.45) is 0 Å². The first kappa shape index (κ1) is 22.7. The summed E-state index contributed by atoms with van der Waals surface area (Å²) in [6, 6.07) is 32.4. The quantitative estimate of drug-likeness (QED) is 0.253. The highest BCUT2D eigenvalue weighted by atomic mass is 32.1. The van der Waals surface area contributed by atoms with Crippen LogP contribution in [0.1, 0.15) is 16.7 Å². The zero-order valence-electron chi connectivity index (χ0n) is 19.2. The second kappa shape index (κ2) is 10.9. The van der Waals surface area contributed by atoms with Crippen LogP contribution < -0.4 is 0 Å². The highest BCUT2D eigenvalue weighted by molar-refractivity contribution is 7.13. The van der Waals surface area contributed by atoms with Gasteiger partial charge in [-0.15, -0.1) is 11.3 Å². The van der Waals surface area contributed by atoms with Gasteiger partial charge in [0.25, 0.3) is 0 Å². The van der Waals surface area contributed by atoms with Crippen LogP contribution in [-0.4, -0.2) is 20.8 Å². The minimum Gasteiger partial charge on any atom is -0.334 e. The van der Waals surface area contributed by atoms with E-state index in [2.05, 4.69) is 34.6 Å². The third kappa shape index (κ3) is 5.89. The zero-order valence-corrected chi connectivity index (χ0v) is 20.1. The van der Waals surface area contributed by atoms with Crippen molar-refractivity contribution in [1.82, 2.24) is 14.9 Å². The zero-order chi connectivity index (χ0) is 23.9. The van der Waals surface area contributed by atoms with Gasteiger partial charge in [-0.3, -0.25) is 9.78 Å². The number of rotatable bonds is 8. The van der Waals surface area contributed by atoms with Gasteiger partial charge in [0.1, 0.15) is 5.01 Å². The molecule has 5 heteroatoms. The molecule has 35 heavy (non-hydrogen) atoms. The number of benzene rings is 3. The van der Waals surface area contributed by atoms with Crippen molar-refractivity contribution < 1.29 is 4.79 Å². The summed E-state index contributed by atoms with van der Waals surface area (Å²) in [4.78, 5) is 24.1. The van der Waals surface area contributed by atoms with E-state index >= 15 is 0 Å². The van der Waals surface area contributed by atoms with Gasteiger partial charge in [-0.2, -0.15) is 0 Å². The summed E-state index contributed by atoms with van der Waals surface area (Å²) in [7, 11) is 0. The number of carbonyl (C=O) groups is 1. The summed E-state index contributed by atoms with van der Waals surface area (Å²) in [5, 5.41) is 3.04. The maximum atomic E-state index is 13.3. The fourth-order valence-corrected chi connectivity index (χ4v) is 4.79. The van der Waals surface area contributed by atoms with Crippen molar-refractivity contribution in [2.75, 3.05) is 0 Å². The summed E-state index contributed by atoms with van der Waals surface area (Å²) in [6.45, 7) is 1.17. The van der Waals surface area contributed by atoms with E-state index in [9.17, 15) is 4.79 Å². The molecule has 1 amide bonds. The first-order valence-electron chi connectivity index (χ1n) is 11.6. The lowest BCUT2D eigenvalue weighted by Crippen LogP contribution is -2.31. The Morgan fingerprint density at radius 3 is 1.89 bits per heavy atom. The molecule has 0 aliphatic rings. The van der Waals surface area contributed by atoms with Crippen LogP contribution >= 0.6 is 11.3 Å². The Kier molecular flexibility index (Phi) is 7.06. The maximum absolute atomic E-state index is 13.3. The van der Waals surface area contributed by atoms with E-state index < -0.39 is 0 Å². The molecule has 0 N–H and O–H groups in total. The van der Waals surface area contributed by atoms with E-state index in [1.165, 1.54) is 0 Å². The molecule has 0 fully saturated rings. The van der Waals surface area contributed by atoms with E-state index in [1.54, 1.807) is 23.7 Å². The van der Waals surface area contributed by atoms with E-state index in [0.717, 1.165) is 38.5 Å². The minimum absolute atomic E-state index is 0.110. The van der Waals surface area contributed by atoms with Gasteiger partial charge in [0.15, 0.2) is 0 Å². The molecule has 3 aromatic carbocycles. The Balaban J connectivity index is 1.29. The van der Waals surface area contributed by atoms with Crippen LogP contribution in [0.25, 0.3) is 21.8 Å². The molecule has 0 aliphatic heterocycles. The number of pyridine rings is 1. The van der Waals surface area contributed by atoms with Gasteiger partial charge < -0.3 is 4.90 Å². The van der Waals surface area contributed by atoms with Crippen LogP contribution in [0.2, 0.25) is 0 Å². The predicted octanol–water partition coefficient (Wildman–Crippen LogP) is 6.64. The molecular formula is C30H25N3OS. The standard InChI is InChI=1S/C30H25N3OS/c34-29(33(20-24-7-3-1-4-8-24)21-25-9-5-2-6-10-25)19-23-11-13-26(14-12-23)28-22-35-30(32-28)27-15-17-31-18-16-27/h1-18,22H,19-21H2. The van der Waals surface area contributed by atoms with Crippen molar-refractivity contribution >= 4 is 17.2 Å². The molecule has 0 unspecified atom stereocenters. The average molecular weight is 476 g/mol. The molecule has 0 saturated heterocycles. The topological polar surface area (TPSA) is 46.1 Å². The number of carbonyl (C=O) groups excluding carboxylic acids is 1. The highest BCUT2D eigenvalue weighted by Gasteiger charge is 2.16. The van der Waals surface area contributed by atoms with Crippen LogP contribution in [0.4, 0.5) is 0 Å². The van der Waals surface area contributed by atoms with Gasteiger partial charge in [0, 0.05) is 42.0 Å². The summed E-state index contributed by atoms with van der Waals surface area (Å²) in [5.41, 5.74) is 6.30. The molecule has 0 spiro atoms. The van der Waals surface area contributed by atoms with Crippen molar-refractivity contribution in [3.8, 4) is 21.8 Å². The molecule has 172 valence electrons. The molecule has 5 rings (SSSR count). The second-order valence-electron chi connectivity index (χ2n) is 8.37. The van der Waals surface area contributed by atoms with Gasteiger partial charge >= 0.3 is 0 Å². The molecule has 0 atom stereocenters. The third-order valence-electron chi connectivity index (χ3n) is 5.82. The normalized spacial score (nSPS) is 10.7. The fourth-order valence-electron chi connectivity index (χ4n) is 3.95. The lowest BCUT2D eigenvalue weighted by atomic mass is 10.1. The van der Waals surface area contributed by atoms with Crippen LogP contribution in [-0.2, 0) is 24.3 Å². The molecule has 0 aliphatic carbocycles. The summed E-state index contributed by atoms with van der Waals surface area (Å²) < 4.78 is 0. The van der Waals surface area contributed by atoms with Crippen molar-refractivity contribution in [3.63, 3.8) is 0 Å². The van der Waals surface area contributed by atoms with Gasteiger partial charge in [0.05, 0.1) is 12.1 Å². The van der Waals surface area contributed by atoms with Gasteiger partial charge in [-0.1, -0.05) is 84.9 Å². The van der Waals surface area contributed by atoms with Crippen LogP contribution in [0.3, 0.4) is 0 Å². The maximum Gasteiger partial charge on any atom is 0.227 e. The molecule has 0 bridgehead atoms. The SMILES string of the molecule is O=C(Cc1ccc(-c2csc(-c3ccncc3)n2)cc1)N(Cc1ccccc1)Cc1ccccc1. The first-order valence-corrected chi connectivity index (χ1v) is 12.4. The largest absolute Gasteiger partial charge is 0.334 e. The Labute approximate surface area is 209 Å². The Bertz CT molecular complexity index is 1330. The highest BCUT2D eigenvalue weighted by Crippen LogP contribution is 2.28. The Morgan fingerprint density at radius 2 is 1.29 bits per heavy atom. The van der Waals surface area contributed by atoms with Gasteiger partial charge in [-0.25, -0.2) is 4.98 Å². The number of aromatic nitrogens is 2. The molecule has 2 heterocycles. The number of nitrogens with zero attached hydrogens (tertiary/aromatic N) is 3. The summed E-state index contributed by atoms with van der Waals surface area (Å²) >= 11 is 1.62. The number of hydrogen-bond donors (Lipinski definition) is 0. The molecule has 2 aromatic heterocycles. The molecule has 0 saturated carbocycles. The summed E-state index contributed by atoms with van der Waals surface area (Å²) in [6.07, 6.45) is 3.92. The molecule has 4 nitrogen and oxygen atoms in total. The Hall–Kier alpha value is -4.09. The molecule has 0 radical (unpaired) electrons. The monoisotopic (exact) mass is 475 g/mol. The van der Waals surface area contributed by atoms with Crippen LogP contribution in [0, 0.1) is 0 Å². The van der Waals surface area contributed by atoms with Crippen LogP contribution in [0.15, 0.2) is 115 Å². The number of amides is 1. The van der Waals surface area contributed by atoms with Gasteiger partial charge in [-0.05, 0) is 28.8 Å². The fraction of sp³-hybridized carbons (Fsp3) is 0.100. The lowest BCUT2D eigenvalue weighted by molar-refractivity contribution is -0.131. The van der Waals surface area contributed by atoms with Crippen LogP contribution in [0.5, 0.6) is 0 Å². The predicted molar refractivity (Wildman–Crippen MR) is 142 cm³/mol. The van der Waals surface area contributed by atoms with Crippen molar-refractivity contribution in [2.45, 2.75) is 19.5 Å². The third-order valence-corrected chi connectivity index (χ3v) is 6.71. The first-order chi connectivity index (χ1) is 17.2. The van der Waals surface area contributed by atoms with E-state index in [4.69, 9.17) is 4.98 Å². The average Bonchev–Trinajstić information content (AvgIpc) is 3.41. The molecule has 5 aromatic rings. The van der Waals surface area contributed by atoms with Crippen molar-refractivity contribution in [3.05, 3.63) is 132 Å².